The molecule has 1 fully saturated rings. The number of carbonyl (C=O) groups excluding carboxylic acids is 1. The van der Waals surface area contributed by atoms with Crippen molar-refractivity contribution in [2.75, 3.05) is 38.6 Å². The monoisotopic (exact) mass is 395 g/mol. The fraction of sp³-hybridized carbons (Fsp3) is 0.316. The molecule has 140 valence electrons. The number of hydrogen-bond donors (Lipinski definition) is 2. The predicted octanol–water partition coefficient (Wildman–Crippen LogP) is 3.36. The Morgan fingerprint density at radius 3 is 2.77 bits per heavy atom. The number of nitrogens with zero attached hydrogens (tertiary/aromatic N) is 1. The van der Waals surface area contributed by atoms with E-state index in [1.54, 1.807) is 7.11 Å². The van der Waals surface area contributed by atoms with E-state index in [0.717, 1.165) is 36.6 Å². The summed E-state index contributed by atoms with van der Waals surface area (Å²) in [5, 5.41) is 7.04. The number of amides is 1. The Bertz CT molecular complexity index is 725. The Labute approximate surface area is 165 Å². The molecule has 0 bridgehead atoms. The smallest absolute Gasteiger partial charge is 0.238 e. The van der Waals surface area contributed by atoms with Crippen LogP contribution in [-0.4, -0.2) is 44.1 Å². The maximum absolute atomic E-state index is 12.4. The third-order valence-corrected chi connectivity index (χ3v) is 4.54. The molecule has 0 spiro atoms. The van der Waals surface area contributed by atoms with Crippen LogP contribution in [0.5, 0.6) is 5.75 Å². The van der Waals surface area contributed by atoms with Gasteiger partial charge in [0.25, 0.3) is 0 Å². The summed E-state index contributed by atoms with van der Waals surface area (Å²) in [7, 11) is 1.62. The van der Waals surface area contributed by atoms with Crippen molar-refractivity contribution in [3.8, 4) is 5.75 Å². The average Bonchev–Trinajstić information content (AvgIpc) is 2.63. The lowest BCUT2D eigenvalue weighted by molar-refractivity contribution is -0.118. The topological polar surface area (TPSA) is 53.6 Å². The maximum Gasteiger partial charge on any atom is 0.238 e. The molecule has 1 atom stereocenters. The molecule has 5 nitrogen and oxygen atoms in total. The number of anilines is 1. The van der Waals surface area contributed by atoms with Crippen molar-refractivity contribution in [3.05, 3.63) is 59.1 Å². The Kier molecular flexibility index (Phi) is 7.72. The van der Waals surface area contributed by atoms with Gasteiger partial charge in [0.15, 0.2) is 0 Å². The standard InChI is InChI=1S/C19H22ClN3O2.ClH/c1-25-17-7-5-16(6-8-17)22-19(24)13-23-10-9-21-12-18(23)14-3-2-4-15(20)11-14;/h2-8,11,18,21H,9-10,12-13H2,1H3,(H,22,24);1H. The van der Waals surface area contributed by atoms with E-state index in [4.69, 9.17) is 16.3 Å². The van der Waals surface area contributed by atoms with Gasteiger partial charge in [-0.25, -0.2) is 0 Å². The van der Waals surface area contributed by atoms with Crippen LogP contribution in [-0.2, 0) is 4.79 Å². The molecule has 7 heteroatoms. The van der Waals surface area contributed by atoms with Crippen LogP contribution in [0.1, 0.15) is 11.6 Å². The molecular weight excluding hydrogens is 373 g/mol. The second-order valence-corrected chi connectivity index (χ2v) is 6.46. The maximum atomic E-state index is 12.4. The van der Waals surface area contributed by atoms with Gasteiger partial charge in [0.1, 0.15) is 5.75 Å². The lowest BCUT2D eigenvalue weighted by atomic mass is 10.0. The first-order valence-corrected chi connectivity index (χ1v) is 8.67. The number of benzene rings is 2. The second kappa shape index (κ2) is 9.78. The molecule has 1 unspecified atom stereocenters. The summed E-state index contributed by atoms with van der Waals surface area (Å²) < 4.78 is 5.13. The Balaban J connectivity index is 0.00000243. The fourth-order valence-electron chi connectivity index (χ4n) is 3.04. The van der Waals surface area contributed by atoms with Crippen LogP contribution in [0, 0.1) is 0 Å². The van der Waals surface area contributed by atoms with Crippen molar-refractivity contribution >= 4 is 35.6 Å². The lowest BCUT2D eigenvalue weighted by Crippen LogP contribution is -2.48. The minimum Gasteiger partial charge on any atom is -0.497 e. The Hall–Kier alpha value is -1.79. The van der Waals surface area contributed by atoms with Gasteiger partial charge < -0.3 is 15.4 Å². The second-order valence-electron chi connectivity index (χ2n) is 6.02. The predicted molar refractivity (Wildman–Crippen MR) is 108 cm³/mol. The number of piperazine rings is 1. The molecule has 1 aliphatic rings. The number of nitrogens with one attached hydrogen (secondary N) is 2. The first kappa shape index (κ1) is 20.5. The highest BCUT2D eigenvalue weighted by molar-refractivity contribution is 6.30. The van der Waals surface area contributed by atoms with Gasteiger partial charge in [0, 0.05) is 36.4 Å². The van der Waals surface area contributed by atoms with E-state index in [-0.39, 0.29) is 24.4 Å². The van der Waals surface area contributed by atoms with Gasteiger partial charge in [-0.15, -0.1) is 12.4 Å². The number of carbonyl (C=O) groups is 1. The summed E-state index contributed by atoms with van der Waals surface area (Å²) in [6, 6.07) is 15.3. The minimum atomic E-state index is -0.0286. The van der Waals surface area contributed by atoms with Gasteiger partial charge in [-0.3, -0.25) is 9.69 Å². The highest BCUT2D eigenvalue weighted by Gasteiger charge is 2.25. The average molecular weight is 396 g/mol. The molecule has 1 amide bonds. The molecular formula is C19H23Cl2N3O2. The van der Waals surface area contributed by atoms with E-state index in [9.17, 15) is 4.79 Å². The van der Waals surface area contributed by atoms with Crippen molar-refractivity contribution in [2.24, 2.45) is 0 Å². The number of halogens is 2. The summed E-state index contributed by atoms with van der Waals surface area (Å²) >= 11 is 6.12. The van der Waals surface area contributed by atoms with Crippen molar-refractivity contribution < 1.29 is 9.53 Å². The lowest BCUT2D eigenvalue weighted by Gasteiger charge is -2.36. The van der Waals surface area contributed by atoms with Gasteiger partial charge in [-0.1, -0.05) is 23.7 Å². The number of hydrogen-bond acceptors (Lipinski definition) is 4. The van der Waals surface area contributed by atoms with Gasteiger partial charge in [0.05, 0.1) is 13.7 Å². The highest BCUT2D eigenvalue weighted by atomic mass is 35.5. The number of ether oxygens (including phenoxy) is 1. The molecule has 3 rings (SSSR count). The van der Waals surface area contributed by atoms with Gasteiger partial charge in [-0.05, 0) is 42.0 Å². The first-order chi connectivity index (χ1) is 12.2. The zero-order valence-electron chi connectivity index (χ0n) is 14.6. The molecule has 1 saturated heterocycles. The van der Waals surface area contributed by atoms with Gasteiger partial charge in [-0.2, -0.15) is 0 Å². The summed E-state index contributed by atoms with van der Waals surface area (Å²) in [5.74, 6) is 0.736. The van der Waals surface area contributed by atoms with E-state index < -0.39 is 0 Å². The van der Waals surface area contributed by atoms with Crippen LogP contribution < -0.4 is 15.4 Å². The summed E-state index contributed by atoms with van der Waals surface area (Å²) in [6.45, 7) is 2.82. The molecule has 26 heavy (non-hydrogen) atoms. The minimum absolute atomic E-state index is 0. The zero-order valence-corrected chi connectivity index (χ0v) is 16.1. The molecule has 1 aliphatic heterocycles. The van der Waals surface area contributed by atoms with Crippen LogP contribution in [0.15, 0.2) is 48.5 Å². The molecule has 2 aromatic rings. The Morgan fingerprint density at radius 2 is 2.08 bits per heavy atom. The Morgan fingerprint density at radius 1 is 1.31 bits per heavy atom. The van der Waals surface area contributed by atoms with Gasteiger partial charge >= 0.3 is 0 Å². The SMILES string of the molecule is COc1ccc(NC(=O)CN2CCNCC2c2cccc(Cl)c2)cc1.Cl. The van der Waals surface area contributed by atoms with E-state index in [0.29, 0.717) is 11.6 Å². The summed E-state index contributed by atoms with van der Waals surface area (Å²) in [6.07, 6.45) is 0. The quantitative estimate of drug-likeness (QED) is 0.814. The third-order valence-electron chi connectivity index (χ3n) is 4.31. The van der Waals surface area contributed by atoms with Crippen molar-refractivity contribution in [1.29, 1.82) is 0 Å². The third kappa shape index (κ3) is 5.35. The normalized spacial score (nSPS) is 17.2. The number of methoxy groups -OCH3 is 1. The molecule has 2 N–H and O–H groups in total. The van der Waals surface area contributed by atoms with Gasteiger partial charge in [0.2, 0.25) is 5.91 Å². The molecule has 0 aliphatic carbocycles. The molecule has 1 heterocycles. The van der Waals surface area contributed by atoms with Crippen LogP contribution in [0.3, 0.4) is 0 Å². The van der Waals surface area contributed by atoms with E-state index in [2.05, 4.69) is 21.6 Å². The molecule has 0 aromatic heterocycles. The first-order valence-electron chi connectivity index (χ1n) is 8.30. The van der Waals surface area contributed by atoms with Crippen molar-refractivity contribution in [3.63, 3.8) is 0 Å². The summed E-state index contributed by atoms with van der Waals surface area (Å²) in [4.78, 5) is 14.6. The summed E-state index contributed by atoms with van der Waals surface area (Å²) in [5.41, 5.74) is 1.89. The van der Waals surface area contributed by atoms with Crippen LogP contribution in [0.4, 0.5) is 5.69 Å². The molecule has 0 saturated carbocycles. The van der Waals surface area contributed by atoms with Crippen molar-refractivity contribution in [2.45, 2.75) is 6.04 Å². The number of rotatable bonds is 5. The van der Waals surface area contributed by atoms with Crippen molar-refractivity contribution in [1.82, 2.24) is 10.2 Å². The largest absolute Gasteiger partial charge is 0.497 e. The fourth-order valence-corrected chi connectivity index (χ4v) is 3.24. The van der Waals surface area contributed by atoms with Crippen LogP contribution in [0.25, 0.3) is 0 Å². The zero-order chi connectivity index (χ0) is 17.6. The highest BCUT2D eigenvalue weighted by Crippen LogP contribution is 2.24. The molecule has 0 radical (unpaired) electrons. The van der Waals surface area contributed by atoms with Crippen LogP contribution >= 0.6 is 24.0 Å². The van der Waals surface area contributed by atoms with E-state index in [1.807, 2.05) is 42.5 Å². The molecule has 2 aromatic carbocycles. The van der Waals surface area contributed by atoms with E-state index in [1.165, 1.54) is 0 Å². The van der Waals surface area contributed by atoms with Crippen LogP contribution in [0.2, 0.25) is 5.02 Å². The van der Waals surface area contributed by atoms with E-state index >= 15 is 0 Å².